The summed E-state index contributed by atoms with van der Waals surface area (Å²) in [6.45, 7) is -0.424. The number of aliphatic hydroxyl groups is 2. The molecule has 5 nitrogen and oxygen atoms in total. The SMILES string of the molecule is O=C1CSC(=NC(CO)CO)N1. The standard InChI is InChI=1S/C6H10N2O3S/c9-1-4(2-10)7-6-8-5(11)3-12-6/h4,9-10H,1-3H2,(H,7,8,11). The van der Waals surface area contributed by atoms with E-state index in [4.69, 9.17) is 10.2 Å². The van der Waals surface area contributed by atoms with Gasteiger partial charge < -0.3 is 15.5 Å². The smallest absolute Gasteiger partial charge is 0.236 e. The van der Waals surface area contributed by atoms with Gasteiger partial charge in [0.2, 0.25) is 5.91 Å². The first-order chi connectivity index (χ1) is 5.76. The molecule has 0 spiro atoms. The number of aliphatic hydroxyl groups excluding tert-OH is 2. The van der Waals surface area contributed by atoms with Gasteiger partial charge in [-0.2, -0.15) is 0 Å². The van der Waals surface area contributed by atoms with Crippen LogP contribution in [0.5, 0.6) is 0 Å². The Morgan fingerprint density at radius 3 is 2.67 bits per heavy atom. The molecule has 0 unspecified atom stereocenters. The van der Waals surface area contributed by atoms with Gasteiger partial charge in [0.25, 0.3) is 0 Å². The lowest BCUT2D eigenvalue weighted by Gasteiger charge is -2.04. The second-order valence-electron chi connectivity index (χ2n) is 2.29. The van der Waals surface area contributed by atoms with Crippen LogP contribution in [-0.4, -0.2) is 46.3 Å². The maximum absolute atomic E-state index is 10.7. The van der Waals surface area contributed by atoms with E-state index in [0.717, 1.165) is 0 Å². The third kappa shape index (κ3) is 2.47. The van der Waals surface area contributed by atoms with Crippen LogP contribution in [0.3, 0.4) is 0 Å². The first-order valence-electron chi connectivity index (χ1n) is 3.48. The molecule has 6 heteroatoms. The van der Waals surface area contributed by atoms with Crippen molar-refractivity contribution in [3.05, 3.63) is 0 Å². The van der Waals surface area contributed by atoms with Crippen molar-refractivity contribution >= 4 is 22.8 Å². The van der Waals surface area contributed by atoms with Crippen molar-refractivity contribution in [1.82, 2.24) is 5.32 Å². The molecule has 1 fully saturated rings. The summed E-state index contributed by atoms with van der Waals surface area (Å²) in [6, 6.07) is -0.522. The van der Waals surface area contributed by atoms with Crippen molar-refractivity contribution in [3.8, 4) is 0 Å². The summed E-state index contributed by atoms with van der Waals surface area (Å²) in [7, 11) is 0. The largest absolute Gasteiger partial charge is 0.394 e. The predicted octanol–water partition coefficient (Wildman–Crippen LogP) is -1.44. The summed E-state index contributed by atoms with van der Waals surface area (Å²) in [5.74, 6) is 0.274. The molecule has 68 valence electrons. The highest BCUT2D eigenvalue weighted by Gasteiger charge is 2.17. The molecule has 0 bridgehead atoms. The molecule has 1 aliphatic rings. The number of carbonyl (C=O) groups is 1. The molecule has 1 aliphatic heterocycles. The summed E-state index contributed by atoms with van der Waals surface area (Å²) in [6.07, 6.45) is 0. The van der Waals surface area contributed by atoms with Gasteiger partial charge in [0.05, 0.1) is 25.0 Å². The van der Waals surface area contributed by atoms with E-state index in [2.05, 4.69) is 10.3 Å². The molecule has 0 aliphatic carbocycles. The fourth-order valence-electron chi connectivity index (χ4n) is 0.700. The van der Waals surface area contributed by atoms with Gasteiger partial charge in [-0.15, -0.1) is 0 Å². The summed E-state index contributed by atoms with van der Waals surface area (Å²) in [5, 5.41) is 20.3. The lowest BCUT2D eigenvalue weighted by atomic mass is 10.4. The number of carbonyl (C=O) groups excluding carboxylic acids is 1. The highest BCUT2D eigenvalue weighted by molar-refractivity contribution is 8.15. The van der Waals surface area contributed by atoms with E-state index >= 15 is 0 Å². The normalized spacial score (nSPS) is 20.6. The topological polar surface area (TPSA) is 81.9 Å². The Hall–Kier alpha value is -0.590. The highest BCUT2D eigenvalue weighted by Crippen LogP contribution is 2.09. The van der Waals surface area contributed by atoms with Crippen LogP contribution >= 0.6 is 11.8 Å². The van der Waals surface area contributed by atoms with Crippen molar-refractivity contribution in [2.24, 2.45) is 4.99 Å². The Labute approximate surface area is 73.9 Å². The van der Waals surface area contributed by atoms with Gasteiger partial charge in [0.1, 0.15) is 0 Å². The van der Waals surface area contributed by atoms with Crippen molar-refractivity contribution in [1.29, 1.82) is 0 Å². The number of rotatable bonds is 3. The Morgan fingerprint density at radius 1 is 1.58 bits per heavy atom. The number of nitrogens with zero attached hydrogens (tertiary/aromatic N) is 1. The Kier molecular flexibility index (Phi) is 3.51. The van der Waals surface area contributed by atoms with Gasteiger partial charge in [-0.3, -0.25) is 9.79 Å². The average Bonchev–Trinajstić information content (AvgIpc) is 2.47. The van der Waals surface area contributed by atoms with Crippen LogP contribution < -0.4 is 5.32 Å². The highest BCUT2D eigenvalue weighted by atomic mass is 32.2. The molecule has 0 saturated carbocycles. The fourth-order valence-corrected chi connectivity index (χ4v) is 1.45. The molecule has 0 aromatic carbocycles. The van der Waals surface area contributed by atoms with E-state index < -0.39 is 6.04 Å². The van der Waals surface area contributed by atoms with Gasteiger partial charge in [-0.1, -0.05) is 11.8 Å². The van der Waals surface area contributed by atoms with Crippen molar-refractivity contribution < 1.29 is 15.0 Å². The van der Waals surface area contributed by atoms with Crippen molar-refractivity contribution in [3.63, 3.8) is 0 Å². The lowest BCUT2D eigenvalue weighted by molar-refractivity contribution is -0.116. The van der Waals surface area contributed by atoms with Crippen LogP contribution in [-0.2, 0) is 4.79 Å². The monoisotopic (exact) mass is 190 g/mol. The minimum atomic E-state index is -0.522. The maximum atomic E-state index is 10.7. The lowest BCUT2D eigenvalue weighted by Crippen LogP contribution is -2.24. The number of thioether (sulfide) groups is 1. The summed E-state index contributed by atoms with van der Waals surface area (Å²) >= 11 is 1.28. The molecule has 1 amide bonds. The zero-order chi connectivity index (χ0) is 8.97. The number of amides is 1. The molecule has 0 atom stereocenters. The number of hydrogen-bond donors (Lipinski definition) is 3. The molecule has 1 heterocycles. The first-order valence-corrected chi connectivity index (χ1v) is 4.47. The molecule has 0 aromatic heterocycles. The van der Waals surface area contributed by atoms with Crippen LogP contribution in [0.25, 0.3) is 0 Å². The quantitative estimate of drug-likeness (QED) is 0.509. The molecule has 3 N–H and O–H groups in total. The summed E-state index contributed by atoms with van der Waals surface area (Å²) in [4.78, 5) is 14.6. The first kappa shape index (κ1) is 9.50. The van der Waals surface area contributed by atoms with Crippen LogP contribution in [0.1, 0.15) is 0 Å². The van der Waals surface area contributed by atoms with Gasteiger partial charge in [0.15, 0.2) is 5.17 Å². The zero-order valence-corrected chi connectivity index (χ0v) is 7.17. The second kappa shape index (κ2) is 4.44. The fraction of sp³-hybridized carbons (Fsp3) is 0.667. The van der Waals surface area contributed by atoms with E-state index in [-0.39, 0.29) is 19.1 Å². The number of aliphatic imine (C=N–C) groups is 1. The third-order valence-corrected chi connectivity index (χ3v) is 2.20. The van der Waals surface area contributed by atoms with Gasteiger partial charge in [-0.25, -0.2) is 0 Å². The van der Waals surface area contributed by atoms with E-state index in [0.29, 0.717) is 10.9 Å². The number of amidine groups is 1. The number of nitrogens with one attached hydrogen (secondary N) is 1. The van der Waals surface area contributed by atoms with Crippen LogP contribution in [0, 0.1) is 0 Å². The zero-order valence-electron chi connectivity index (χ0n) is 6.36. The van der Waals surface area contributed by atoms with Gasteiger partial charge in [0, 0.05) is 0 Å². The summed E-state index contributed by atoms with van der Waals surface area (Å²) < 4.78 is 0. The maximum Gasteiger partial charge on any atom is 0.236 e. The molecular weight excluding hydrogens is 180 g/mol. The van der Waals surface area contributed by atoms with Gasteiger partial charge in [-0.05, 0) is 0 Å². The van der Waals surface area contributed by atoms with Crippen molar-refractivity contribution in [2.45, 2.75) is 6.04 Å². The van der Waals surface area contributed by atoms with Crippen LogP contribution in [0.15, 0.2) is 4.99 Å². The molecule has 0 radical (unpaired) electrons. The van der Waals surface area contributed by atoms with E-state index in [9.17, 15) is 4.79 Å². The predicted molar refractivity (Wildman–Crippen MR) is 46.0 cm³/mol. The van der Waals surface area contributed by atoms with E-state index in [1.807, 2.05) is 0 Å². The Morgan fingerprint density at radius 2 is 2.25 bits per heavy atom. The minimum absolute atomic E-state index is 0.0895. The molecule has 0 aromatic rings. The average molecular weight is 190 g/mol. The molecule has 1 rings (SSSR count). The Bertz CT molecular complexity index is 203. The number of hydrogen-bond acceptors (Lipinski definition) is 5. The second-order valence-corrected chi connectivity index (χ2v) is 3.25. The minimum Gasteiger partial charge on any atom is -0.394 e. The van der Waals surface area contributed by atoms with E-state index in [1.54, 1.807) is 0 Å². The third-order valence-electron chi connectivity index (χ3n) is 1.31. The van der Waals surface area contributed by atoms with Crippen molar-refractivity contribution in [2.75, 3.05) is 19.0 Å². The van der Waals surface area contributed by atoms with Gasteiger partial charge >= 0.3 is 0 Å². The van der Waals surface area contributed by atoms with E-state index in [1.165, 1.54) is 11.8 Å². The summed E-state index contributed by atoms with van der Waals surface area (Å²) in [5.41, 5.74) is 0. The molecule has 1 saturated heterocycles. The van der Waals surface area contributed by atoms with Crippen LogP contribution in [0.2, 0.25) is 0 Å². The van der Waals surface area contributed by atoms with Crippen LogP contribution in [0.4, 0.5) is 0 Å². The molecule has 12 heavy (non-hydrogen) atoms. The molecular formula is C6H10N2O3S. The Balaban J connectivity index is 2.50.